The predicted molar refractivity (Wildman–Crippen MR) is 83.0 cm³/mol. The van der Waals surface area contributed by atoms with Crippen LogP contribution in [0.4, 0.5) is 0 Å². The monoisotopic (exact) mass is 304 g/mol. The molecule has 0 spiro atoms. The minimum atomic E-state index is -0.433. The molecule has 1 aromatic carbocycles. The SMILES string of the molecule is C=CCSC1=NC(=O)CC(c2ccccc2Cl)C1C#N. The summed E-state index contributed by atoms with van der Waals surface area (Å²) in [6.07, 6.45) is 1.95. The fourth-order valence-corrected chi connectivity index (χ4v) is 3.32. The van der Waals surface area contributed by atoms with Crippen LogP contribution < -0.4 is 0 Å². The van der Waals surface area contributed by atoms with Gasteiger partial charge in [-0.3, -0.25) is 4.79 Å². The molecule has 1 aliphatic rings. The molecule has 1 amide bonds. The highest BCUT2D eigenvalue weighted by molar-refractivity contribution is 8.14. The summed E-state index contributed by atoms with van der Waals surface area (Å²) in [4.78, 5) is 15.8. The Hall–Kier alpha value is -1.57. The maximum atomic E-state index is 11.8. The molecule has 0 radical (unpaired) electrons. The van der Waals surface area contributed by atoms with Crippen molar-refractivity contribution in [2.24, 2.45) is 10.9 Å². The molecule has 5 heteroatoms. The summed E-state index contributed by atoms with van der Waals surface area (Å²) in [6, 6.07) is 9.60. The normalized spacial score (nSPS) is 22.0. The molecule has 2 rings (SSSR count). The molecule has 1 aromatic rings. The summed E-state index contributed by atoms with van der Waals surface area (Å²) in [6.45, 7) is 3.64. The molecule has 0 saturated carbocycles. The van der Waals surface area contributed by atoms with Crippen molar-refractivity contribution in [3.05, 3.63) is 47.5 Å². The Labute approximate surface area is 127 Å². The maximum absolute atomic E-state index is 11.8. The number of benzene rings is 1. The first-order valence-corrected chi connectivity index (χ1v) is 7.53. The van der Waals surface area contributed by atoms with Crippen LogP contribution in [0.1, 0.15) is 17.9 Å². The van der Waals surface area contributed by atoms with Gasteiger partial charge in [0.05, 0.1) is 11.1 Å². The summed E-state index contributed by atoms with van der Waals surface area (Å²) in [5.41, 5.74) is 0.834. The van der Waals surface area contributed by atoms with Gasteiger partial charge in [0.2, 0.25) is 5.91 Å². The highest BCUT2D eigenvalue weighted by atomic mass is 35.5. The van der Waals surface area contributed by atoms with Crippen molar-refractivity contribution in [3.8, 4) is 6.07 Å². The van der Waals surface area contributed by atoms with Crippen molar-refractivity contribution in [3.63, 3.8) is 0 Å². The molecule has 0 aromatic heterocycles. The van der Waals surface area contributed by atoms with Gasteiger partial charge in [-0.05, 0) is 11.6 Å². The van der Waals surface area contributed by atoms with Gasteiger partial charge in [0.15, 0.2) is 0 Å². The minimum Gasteiger partial charge on any atom is -0.273 e. The van der Waals surface area contributed by atoms with Gasteiger partial charge in [0.1, 0.15) is 5.92 Å². The number of thioether (sulfide) groups is 1. The number of amides is 1. The Bertz CT molecular complexity index is 606. The molecule has 0 aliphatic carbocycles. The van der Waals surface area contributed by atoms with E-state index in [0.29, 0.717) is 15.8 Å². The van der Waals surface area contributed by atoms with E-state index in [0.717, 1.165) is 5.56 Å². The molecule has 0 fully saturated rings. The van der Waals surface area contributed by atoms with E-state index < -0.39 is 5.92 Å². The van der Waals surface area contributed by atoms with Crippen molar-refractivity contribution < 1.29 is 4.79 Å². The van der Waals surface area contributed by atoms with Gasteiger partial charge in [0.25, 0.3) is 0 Å². The molecule has 0 N–H and O–H groups in total. The van der Waals surface area contributed by atoms with E-state index in [1.54, 1.807) is 12.1 Å². The first kappa shape index (κ1) is 14.8. The van der Waals surface area contributed by atoms with Crippen LogP contribution in [0.15, 0.2) is 41.9 Å². The van der Waals surface area contributed by atoms with Gasteiger partial charge >= 0.3 is 0 Å². The standard InChI is InChI=1S/C15H13ClN2OS/c1-2-7-20-15-12(9-17)11(8-14(19)18-15)10-5-3-4-6-13(10)16/h2-6,11-12H,1,7-8H2. The largest absolute Gasteiger partial charge is 0.273 e. The molecule has 2 unspecified atom stereocenters. The lowest BCUT2D eigenvalue weighted by Gasteiger charge is -2.26. The quantitative estimate of drug-likeness (QED) is 0.798. The number of nitrogens with zero attached hydrogens (tertiary/aromatic N) is 2. The smallest absolute Gasteiger partial charge is 0.247 e. The van der Waals surface area contributed by atoms with Crippen molar-refractivity contribution in [1.29, 1.82) is 5.26 Å². The van der Waals surface area contributed by atoms with E-state index in [2.05, 4.69) is 17.6 Å². The van der Waals surface area contributed by atoms with Crippen molar-refractivity contribution >= 4 is 34.3 Å². The highest BCUT2D eigenvalue weighted by Gasteiger charge is 2.35. The van der Waals surface area contributed by atoms with Crippen molar-refractivity contribution in [1.82, 2.24) is 0 Å². The average Bonchev–Trinajstić information content (AvgIpc) is 2.45. The third-order valence-electron chi connectivity index (χ3n) is 3.09. The Kier molecular flexibility index (Phi) is 4.99. The zero-order valence-electron chi connectivity index (χ0n) is 10.8. The lowest BCUT2D eigenvalue weighted by molar-refractivity contribution is -0.118. The third-order valence-corrected chi connectivity index (χ3v) is 4.48. The molecular weight excluding hydrogens is 292 g/mol. The molecule has 20 heavy (non-hydrogen) atoms. The summed E-state index contributed by atoms with van der Waals surface area (Å²) in [5, 5.41) is 10.6. The van der Waals surface area contributed by atoms with E-state index in [9.17, 15) is 10.1 Å². The van der Waals surface area contributed by atoms with Crippen LogP contribution in [-0.2, 0) is 4.79 Å². The van der Waals surface area contributed by atoms with Gasteiger partial charge < -0.3 is 0 Å². The minimum absolute atomic E-state index is 0.201. The van der Waals surface area contributed by atoms with Crippen LogP contribution in [-0.4, -0.2) is 16.7 Å². The Morgan fingerprint density at radius 2 is 2.30 bits per heavy atom. The summed E-state index contributed by atoms with van der Waals surface area (Å²) in [7, 11) is 0. The van der Waals surface area contributed by atoms with Crippen LogP contribution in [0, 0.1) is 17.2 Å². The number of carbonyl (C=O) groups excluding carboxylic acids is 1. The number of hydrogen-bond donors (Lipinski definition) is 0. The van der Waals surface area contributed by atoms with Gasteiger partial charge in [-0.25, -0.2) is 4.99 Å². The molecule has 3 nitrogen and oxygen atoms in total. The lowest BCUT2D eigenvalue weighted by Crippen LogP contribution is -2.27. The number of nitriles is 1. The second kappa shape index (κ2) is 6.74. The molecule has 2 atom stereocenters. The molecule has 0 saturated heterocycles. The Balaban J connectivity index is 2.37. The van der Waals surface area contributed by atoms with Crippen LogP contribution in [0.2, 0.25) is 5.02 Å². The fraction of sp³-hybridized carbons (Fsp3) is 0.267. The summed E-state index contributed by atoms with van der Waals surface area (Å²) < 4.78 is 0. The second-order valence-corrected chi connectivity index (χ2v) is 5.83. The van der Waals surface area contributed by atoms with E-state index in [-0.39, 0.29) is 18.2 Å². The van der Waals surface area contributed by atoms with Crippen LogP contribution >= 0.6 is 23.4 Å². The third kappa shape index (κ3) is 3.12. The van der Waals surface area contributed by atoms with E-state index in [1.165, 1.54) is 11.8 Å². The van der Waals surface area contributed by atoms with E-state index >= 15 is 0 Å². The Morgan fingerprint density at radius 1 is 1.55 bits per heavy atom. The molecule has 1 aliphatic heterocycles. The zero-order valence-corrected chi connectivity index (χ0v) is 12.3. The number of carbonyl (C=O) groups is 1. The van der Waals surface area contributed by atoms with Gasteiger partial charge in [-0.1, -0.05) is 35.9 Å². The van der Waals surface area contributed by atoms with Crippen LogP contribution in [0.25, 0.3) is 0 Å². The highest BCUT2D eigenvalue weighted by Crippen LogP contribution is 2.38. The van der Waals surface area contributed by atoms with Crippen LogP contribution in [0.3, 0.4) is 0 Å². The van der Waals surface area contributed by atoms with Gasteiger partial charge in [-0.15, -0.1) is 18.3 Å². The molecule has 102 valence electrons. The van der Waals surface area contributed by atoms with E-state index in [1.807, 2.05) is 18.2 Å². The average molecular weight is 305 g/mol. The zero-order chi connectivity index (χ0) is 14.5. The summed E-state index contributed by atoms with van der Waals surface area (Å²) >= 11 is 7.58. The maximum Gasteiger partial charge on any atom is 0.247 e. The second-order valence-electron chi connectivity index (χ2n) is 4.38. The van der Waals surface area contributed by atoms with Crippen LogP contribution in [0.5, 0.6) is 0 Å². The lowest BCUT2D eigenvalue weighted by atomic mass is 9.83. The number of rotatable bonds is 3. The summed E-state index contributed by atoms with van der Waals surface area (Å²) in [5.74, 6) is -0.240. The number of aliphatic imine (C=N–C) groups is 1. The Morgan fingerprint density at radius 3 is 2.95 bits per heavy atom. The van der Waals surface area contributed by atoms with Crippen molar-refractivity contribution in [2.45, 2.75) is 12.3 Å². The first-order chi connectivity index (χ1) is 9.67. The molecule has 1 heterocycles. The molecule has 0 bridgehead atoms. The van der Waals surface area contributed by atoms with Gasteiger partial charge in [0, 0.05) is 23.1 Å². The van der Waals surface area contributed by atoms with Gasteiger partial charge in [-0.2, -0.15) is 5.26 Å². The first-order valence-electron chi connectivity index (χ1n) is 6.16. The van der Waals surface area contributed by atoms with E-state index in [4.69, 9.17) is 11.6 Å². The fourth-order valence-electron chi connectivity index (χ4n) is 2.19. The number of hydrogen-bond acceptors (Lipinski definition) is 3. The topological polar surface area (TPSA) is 53.2 Å². The van der Waals surface area contributed by atoms with Crippen molar-refractivity contribution in [2.75, 3.05) is 5.75 Å². The number of halogens is 1. The molecular formula is C15H13ClN2OS. The predicted octanol–water partition coefficient (Wildman–Crippen LogP) is 3.81.